The number of ether oxygens (including phenoxy) is 1. The fourth-order valence-corrected chi connectivity index (χ4v) is 2.38. The Morgan fingerprint density at radius 3 is 2.86 bits per heavy atom. The number of halogens is 2. The Kier molecular flexibility index (Phi) is 4.07. The molecule has 0 radical (unpaired) electrons. The van der Waals surface area contributed by atoms with Gasteiger partial charge < -0.3 is 4.74 Å². The molecule has 0 unspecified atom stereocenters. The number of fused-ring (bicyclic) bond motifs is 1. The molecule has 0 atom stereocenters. The summed E-state index contributed by atoms with van der Waals surface area (Å²) in [6.07, 6.45) is 4.89. The van der Waals surface area contributed by atoms with E-state index in [4.69, 9.17) is 16.3 Å². The van der Waals surface area contributed by atoms with Gasteiger partial charge >= 0.3 is 0 Å². The second-order valence-electron chi connectivity index (χ2n) is 4.87. The average Bonchev–Trinajstić information content (AvgIpc) is 2.52. The summed E-state index contributed by atoms with van der Waals surface area (Å²) < 4.78 is 19.1. The standard InChI is InChI=1S/C18H12ClFO2/c19-14-6-8-18-13(10-14)9-12(11-22-18)5-7-17(21)15-3-1-2-4-16(15)20/h1-10H,11H2/b7-5+. The Morgan fingerprint density at radius 1 is 1.23 bits per heavy atom. The second-order valence-corrected chi connectivity index (χ2v) is 5.30. The third-order valence-electron chi connectivity index (χ3n) is 3.30. The van der Waals surface area contributed by atoms with Crippen LogP contribution in [0.1, 0.15) is 15.9 Å². The molecular formula is C18H12ClFO2. The topological polar surface area (TPSA) is 26.3 Å². The minimum Gasteiger partial charge on any atom is -0.488 e. The van der Waals surface area contributed by atoms with Gasteiger partial charge in [0.1, 0.15) is 18.2 Å². The largest absolute Gasteiger partial charge is 0.488 e. The molecule has 1 aliphatic rings. The van der Waals surface area contributed by atoms with E-state index in [0.717, 1.165) is 16.9 Å². The Morgan fingerprint density at radius 2 is 2.05 bits per heavy atom. The molecule has 0 saturated heterocycles. The normalized spacial score (nSPS) is 13.5. The van der Waals surface area contributed by atoms with Crippen LogP contribution in [0.4, 0.5) is 4.39 Å². The lowest BCUT2D eigenvalue weighted by molar-refractivity contribution is 0.104. The lowest BCUT2D eigenvalue weighted by Crippen LogP contribution is -2.06. The fraction of sp³-hybridized carbons (Fsp3) is 0.0556. The van der Waals surface area contributed by atoms with E-state index in [1.807, 2.05) is 6.08 Å². The molecular weight excluding hydrogens is 303 g/mol. The van der Waals surface area contributed by atoms with Gasteiger partial charge in [-0.3, -0.25) is 4.79 Å². The summed E-state index contributed by atoms with van der Waals surface area (Å²) in [4.78, 5) is 12.0. The van der Waals surface area contributed by atoms with E-state index in [0.29, 0.717) is 11.6 Å². The van der Waals surface area contributed by atoms with Gasteiger partial charge in [-0.25, -0.2) is 4.39 Å². The fourth-order valence-electron chi connectivity index (χ4n) is 2.20. The van der Waals surface area contributed by atoms with Crippen molar-refractivity contribution in [1.29, 1.82) is 0 Å². The number of carbonyl (C=O) groups is 1. The van der Waals surface area contributed by atoms with Crippen LogP contribution < -0.4 is 4.74 Å². The van der Waals surface area contributed by atoms with Crippen LogP contribution in [0, 0.1) is 5.82 Å². The molecule has 0 N–H and O–H groups in total. The molecule has 2 nitrogen and oxygen atoms in total. The van der Waals surface area contributed by atoms with Gasteiger partial charge in [0.05, 0.1) is 5.56 Å². The number of hydrogen-bond donors (Lipinski definition) is 0. The van der Waals surface area contributed by atoms with Crippen molar-refractivity contribution in [2.24, 2.45) is 0 Å². The molecule has 0 fully saturated rings. The number of hydrogen-bond acceptors (Lipinski definition) is 2. The quantitative estimate of drug-likeness (QED) is 0.606. The number of carbonyl (C=O) groups excluding carboxylic acids is 1. The molecule has 2 aromatic rings. The van der Waals surface area contributed by atoms with Crippen molar-refractivity contribution in [3.63, 3.8) is 0 Å². The van der Waals surface area contributed by atoms with Crippen LogP contribution in [0.15, 0.2) is 60.2 Å². The van der Waals surface area contributed by atoms with Crippen LogP contribution in [0.5, 0.6) is 5.75 Å². The van der Waals surface area contributed by atoms with Crippen LogP contribution in [-0.4, -0.2) is 12.4 Å². The molecule has 2 aromatic carbocycles. The first-order valence-electron chi connectivity index (χ1n) is 6.73. The highest BCUT2D eigenvalue weighted by Gasteiger charge is 2.11. The Labute approximate surface area is 132 Å². The van der Waals surface area contributed by atoms with Gasteiger partial charge in [0.2, 0.25) is 0 Å². The molecule has 110 valence electrons. The lowest BCUT2D eigenvalue weighted by Gasteiger charge is -2.16. The average molecular weight is 315 g/mol. The highest BCUT2D eigenvalue weighted by molar-refractivity contribution is 6.30. The predicted octanol–water partition coefficient (Wildman–Crippen LogP) is 4.69. The zero-order valence-electron chi connectivity index (χ0n) is 11.6. The summed E-state index contributed by atoms with van der Waals surface area (Å²) in [7, 11) is 0. The Balaban J connectivity index is 1.82. The van der Waals surface area contributed by atoms with Crippen LogP contribution in [0.2, 0.25) is 5.02 Å². The SMILES string of the molecule is O=C(/C=C/C1=Cc2cc(Cl)ccc2OC1)c1ccccc1F. The van der Waals surface area contributed by atoms with Crippen molar-refractivity contribution >= 4 is 23.5 Å². The van der Waals surface area contributed by atoms with Gasteiger partial charge in [-0.05, 0) is 48.1 Å². The molecule has 0 aliphatic carbocycles. The predicted molar refractivity (Wildman–Crippen MR) is 84.8 cm³/mol. The molecule has 0 bridgehead atoms. The van der Waals surface area contributed by atoms with Crippen LogP contribution in [0.3, 0.4) is 0 Å². The number of ketones is 1. The van der Waals surface area contributed by atoms with E-state index in [1.54, 1.807) is 36.4 Å². The second kappa shape index (κ2) is 6.16. The van der Waals surface area contributed by atoms with Crippen LogP contribution >= 0.6 is 11.6 Å². The third-order valence-corrected chi connectivity index (χ3v) is 3.53. The van der Waals surface area contributed by atoms with Crippen molar-refractivity contribution in [1.82, 2.24) is 0 Å². The first-order chi connectivity index (χ1) is 10.6. The van der Waals surface area contributed by atoms with E-state index < -0.39 is 5.82 Å². The lowest BCUT2D eigenvalue weighted by atomic mass is 10.1. The van der Waals surface area contributed by atoms with Crippen LogP contribution in [0.25, 0.3) is 6.08 Å². The van der Waals surface area contributed by atoms with Crippen molar-refractivity contribution in [2.45, 2.75) is 0 Å². The molecule has 4 heteroatoms. The Hall–Kier alpha value is -2.39. The summed E-state index contributed by atoms with van der Waals surface area (Å²) in [6, 6.07) is 11.3. The van der Waals surface area contributed by atoms with Gasteiger partial charge in [0, 0.05) is 10.6 Å². The molecule has 0 spiro atoms. The minimum absolute atomic E-state index is 0.0551. The summed E-state index contributed by atoms with van der Waals surface area (Å²) in [5, 5.41) is 0.617. The molecule has 1 aliphatic heterocycles. The van der Waals surface area contributed by atoms with E-state index in [-0.39, 0.29) is 11.3 Å². The van der Waals surface area contributed by atoms with Crippen molar-refractivity contribution in [2.75, 3.05) is 6.61 Å². The van der Waals surface area contributed by atoms with Gasteiger partial charge in [-0.1, -0.05) is 29.8 Å². The zero-order valence-corrected chi connectivity index (χ0v) is 12.3. The monoisotopic (exact) mass is 314 g/mol. The molecule has 1 heterocycles. The highest BCUT2D eigenvalue weighted by Crippen LogP contribution is 2.29. The zero-order chi connectivity index (χ0) is 15.5. The van der Waals surface area contributed by atoms with Gasteiger partial charge in [-0.2, -0.15) is 0 Å². The van der Waals surface area contributed by atoms with Gasteiger partial charge in [-0.15, -0.1) is 0 Å². The molecule has 0 amide bonds. The summed E-state index contributed by atoms with van der Waals surface area (Å²) in [6.45, 7) is 0.357. The molecule has 3 rings (SSSR count). The van der Waals surface area contributed by atoms with Crippen molar-refractivity contribution < 1.29 is 13.9 Å². The van der Waals surface area contributed by atoms with Crippen molar-refractivity contribution in [3.8, 4) is 5.75 Å². The van der Waals surface area contributed by atoms with E-state index in [9.17, 15) is 9.18 Å². The highest BCUT2D eigenvalue weighted by atomic mass is 35.5. The molecule has 22 heavy (non-hydrogen) atoms. The Bertz CT molecular complexity index is 793. The molecule has 0 aromatic heterocycles. The molecule has 0 saturated carbocycles. The first-order valence-corrected chi connectivity index (χ1v) is 7.11. The number of rotatable bonds is 3. The number of benzene rings is 2. The summed E-state index contributed by atoms with van der Waals surface area (Å²) in [5.41, 5.74) is 1.73. The van der Waals surface area contributed by atoms with E-state index >= 15 is 0 Å². The van der Waals surface area contributed by atoms with Crippen molar-refractivity contribution in [3.05, 3.63) is 82.2 Å². The maximum Gasteiger partial charge on any atom is 0.188 e. The summed E-state index contributed by atoms with van der Waals surface area (Å²) >= 11 is 5.95. The minimum atomic E-state index is -0.525. The third kappa shape index (κ3) is 3.10. The van der Waals surface area contributed by atoms with Gasteiger partial charge in [0.25, 0.3) is 0 Å². The van der Waals surface area contributed by atoms with Crippen LogP contribution in [-0.2, 0) is 0 Å². The maximum atomic E-state index is 13.5. The maximum absolute atomic E-state index is 13.5. The van der Waals surface area contributed by atoms with Gasteiger partial charge in [0.15, 0.2) is 5.78 Å². The number of allylic oxidation sites excluding steroid dienone is 1. The van der Waals surface area contributed by atoms with E-state index in [2.05, 4.69) is 0 Å². The van der Waals surface area contributed by atoms with E-state index in [1.165, 1.54) is 18.2 Å². The smallest absolute Gasteiger partial charge is 0.188 e. The first kappa shape index (κ1) is 14.5. The summed E-state index contributed by atoms with van der Waals surface area (Å²) in [5.74, 6) is -0.152.